The number of hydrogen-bond donors (Lipinski definition) is 1. The fraction of sp³-hybridized carbons (Fsp3) is 0.235. The molecule has 0 fully saturated rings. The van der Waals surface area contributed by atoms with Crippen LogP contribution in [0.5, 0.6) is 0 Å². The Labute approximate surface area is 151 Å². The fourth-order valence-corrected chi connectivity index (χ4v) is 3.09. The first kappa shape index (κ1) is 19.4. The quantitative estimate of drug-likeness (QED) is 0.798. The molecule has 0 heterocycles. The lowest BCUT2D eigenvalue weighted by atomic mass is 10.1. The Hall–Kier alpha value is -1.96. The van der Waals surface area contributed by atoms with E-state index < -0.39 is 21.7 Å². The number of carbonyl (C=O) groups is 1. The van der Waals surface area contributed by atoms with Gasteiger partial charge in [0.15, 0.2) is 0 Å². The Morgan fingerprint density at radius 3 is 2.48 bits per heavy atom. The van der Waals surface area contributed by atoms with E-state index in [2.05, 4.69) is 5.32 Å². The summed E-state index contributed by atoms with van der Waals surface area (Å²) < 4.78 is 38.0. The predicted octanol–water partition coefficient (Wildman–Crippen LogP) is 2.92. The molecule has 1 amide bonds. The van der Waals surface area contributed by atoms with Crippen LogP contribution in [0.4, 0.5) is 10.1 Å². The van der Waals surface area contributed by atoms with Crippen molar-refractivity contribution in [2.75, 3.05) is 24.7 Å². The van der Waals surface area contributed by atoms with Gasteiger partial charge in [0, 0.05) is 17.3 Å². The average Bonchev–Trinajstić information content (AvgIpc) is 2.52. The van der Waals surface area contributed by atoms with Gasteiger partial charge in [-0.05, 0) is 42.3 Å². The number of sulfonamides is 1. The SMILES string of the molecule is CS(=O)(=O)N(CCc1ccc(Cl)cc1)CC(=O)Nc1cccc(F)c1. The third-order valence-electron chi connectivity index (χ3n) is 3.46. The predicted molar refractivity (Wildman–Crippen MR) is 96.6 cm³/mol. The number of carbonyl (C=O) groups excluding carboxylic acids is 1. The Balaban J connectivity index is 2.00. The molecule has 0 unspecified atom stereocenters. The van der Waals surface area contributed by atoms with E-state index >= 15 is 0 Å². The van der Waals surface area contributed by atoms with E-state index in [9.17, 15) is 17.6 Å². The highest BCUT2D eigenvalue weighted by molar-refractivity contribution is 7.88. The van der Waals surface area contributed by atoms with Crippen molar-refractivity contribution in [1.29, 1.82) is 0 Å². The van der Waals surface area contributed by atoms with E-state index in [1.165, 1.54) is 18.2 Å². The molecule has 0 aliphatic heterocycles. The molecule has 2 rings (SSSR count). The smallest absolute Gasteiger partial charge is 0.239 e. The normalized spacial score (nSPS) is 11.5. The summed E-state index contributed by atoms with van der Waals surface area (Å²) in [6.07, 6.45) is 1.49. The van der Waals surface area contributed by atoms with Gasteiger partial charge in [0.25, 0.3) is 0 Å². The van der Waals surface area contributed by atoms with Crippen molar-refractivity contribution in [2.45, 2.75) is 6.42 Å². The Kier molecular flexibility index (Phi) is 6.52. The van der Waals surface area contributed by atoms with Crippen LogP contribution in [0.15, 0.2) is 48.5 Å². The molecule has 0 saturated heterocycles. The first-order chi connectivity index (χ1) is 11.7. The van der Waals surface area contributed by atoms with Gasteiger partial charge in [0.05, 0.1) is 12.8 Å². The summed E-state index contributed by atoms with van der Waals surface area (Å²) in [6, 6.07) is 12.4. The minimum atomic E-state index is -3.57. The number of benzene rings is 2. The zero-order valence-corrected chi connectivity index (χ0v) is 15.1. The number of amides is 1. The molecule has 0 atom stereocenters. The number of rotatable bonds is 7. The number of anilines is 1. The molecule has 0 aliphatic rings. The zero-order valence-electron chi connectivity index (χ0n) is 13.6. The highest BCUT2D eigenvalue weighted by Gasteiger charge is 2.20. The van der Waals surface area contributed by atoms with Gasteiger partial charge in [-0.15, -0.1) is 0 Å². The van der Waals surface area contributed by atoms with Gasteiger partial charge < -0.3 is 5.32 Å². The van der Waals surface area contributed by atoms with Gasteiger partial charge in [-0.3, -0.25) is 4.79 Å². The van der Waals surface area contributed by atoms with Crippen molar-refractivity contribution >= 4 is 33.2 Å². The van der Waals surface area contributed by atoms with E-state index in [4.69, 9.17) is 11.6 Å². The third kappa shape index (κ3) is 6.45. The molecular weight excluding hydrogens is 367 g/mol. The summed E-state index contributed by atoms with van der Waals surface area (Å²) in [4.78, 5) is 12.1. The van der Waals surface area contributed by atoms with E-state index in [-0.39, 0.29) is 18.8 Å². The van der Waals surface area contributed by atoms with Crippen LogP contribution in [0.3, 0.4) is 0 Å². The van der Waals surface area contributed by atoms with Crippen LogP contribution in [0.2, 0.25) is 5.02 Å². The van der Waals surface area contributed by atoms with Gasteiger partial charge in [0.2, 0.25) is 15.9 Å². The standard InChI is InChI=1S/C17H18ClFN2O3S/c1-25(23,24)21(10-9-13-5-7-14(18)8-6-13)12-17(22)20-16-4-2-3-15(19)11-16/h2-8,11H,9-10,12H2,1H3,(H,20,22). The van der Waals surface area contributed by atoms with E-state index in [1.54, 1.807) is 24.3 Å². The van der Waals surface area contributed by atoms with Crippen LogP contribution in [0.25, 0.3) is 0 Å². The Morgan fingerprint density at radius 1 is 1.20 bits per heavy atom. The van der Waals surface area contributed by atoms with Gasteiger partial charge in [-0.2, -0.15) is 4.31 Å². The highest BCUT2D eigenvalue weighted by Crippen LogP contribution is 2.12. The lowest BCUT2D eigenvalue weighted by Gasteiger charge is -2.19. The number of hydrogen-bond acceptors (Lipinski definition) is 3. The van der Waals surface area contributed by atoms with E-state index in [0.717, 1.165) is 22.2 Å². The van der Waals surface area contributed by atoms with Crippen LogP contribution in [-0.2, 0) is 21.2 Å². The molecule has 8 heteroatoms. The van der Waals surface area contributed by atoms with Gasteiger partial charge in [0.1, 0.15) is 5.82 Å². The Bertz CT molecular complexity index is 841. The zero-order chi connectivity index (χ0) is 18.4. The lowest BCUT2D eigenvalue weighted by molar-refractivity contribution is -0.116. The van der Waals surface area contributed by atoms with Crippen molar-refractivity contribution < 1.29 is 17.6 Å². The number of nitrogens with zero attached hydrogens (tertiary/aromatic N) is 1. The van der Waals surface area contributed by atoms with Crippen LogP contribution in [0, 0.1) is 5.82 Å². The van der Waals surface area contributed by atoms with Crippen LogP contribution in [0.1, 0.15) is 5.56 Å². The molecule has 134 valence electrons. The molecule has 2 aromatic carbocycles. The molecule has 0 radical (unpaired) electrons. The maximum Gasteiger partial charge on any atom is 0.239 e. The first-order valence-corrected chi connectivity index (χ1v) is 9.71. The van der Waals surface area contributed by atoms with Crippen molar-refractivity contribution in [3.8, 4) is 0 Å². The lowest BCUT2D eigenvalue weighted by Crippen LogP contribution is -2.38. The van der Waals surface area contributed by atoms with Crippen molar-refractivity contribution in [2.24, 2.45) is 0 Å². The van der Waals surface area contributed by atoms with Crippen LogP contribution >= 0.6 is 11.6 Å². The molecule has 0 aliphatic carbocycles. The average molecular weight is 385 g/mol. The summed E-state index contributed by atoms with van der Waals surface area (Å²) in [6.45, 7) is -0.194. The first-order valence-electron chi connectivity index (χ1n) is 7.49. The van der Waals surface area contributed by atoms with E-state index in [1.807, 2.05) is 0 Å². The van der Waals surface area contributed by atoms with Crippen molar-refractivity contribution in [1.82, 2.24) is 4.31 Å². The van der Waals surface area contributed by atoms with Crippen LogP contribution < -0.4 is 5.32 Å². The van der Waals surface area contributed by atoms with E-state index in [0.29, 0.717) is 11.4 Å². The Morgan fingerprint density at radius 2 is 1.88 bits per heavy atom. The molecular formula is C17H18ClFN2O3S. The molecule has 1 N–H and O–H groups in total. The molecule has 25 heavy (non-hydrogen) atoms. The second-order valence-electron chi connectivity index (χ2n) is 5.53. The second kappa shape index (κ2) is 8.42. The molecule has 0 aromatic heterocycles. The summed E-state index contributed by atoms with van der Waals surface area (Å²) in [5.41, 5.74) is 1.18. The number of nitrogens with one attached hydrogen (secondary N) is 1. The summed E-state index contributed by atoms with van der Waals surface area (Å²) in [5.74, 6) is -1.02. The van der Waals surface area contributed by atoms with Crippen molar-refractivity contribution in [3.63, 3.8) is 0 Å². The van der Waals surface area contributed by atoms with Gasteiger partial charge in [-0.25, -0.2) is 12.8 Å². The minimum absolute atomic E-state index is 0.150. The fourth-order valence-electron chi connectivity index (χ4n) is 2.19. The summed E-state index contributed by atoms with van der Waals surface area (Å²) in [7, 11) is -3.57. The van der Waals surface area contributed by atoms with Gasteiger partial charge >= 0.3 is 0 Å². The van der Waals surface area contributed by atoms with Crippen LogP contribution in [-0.4, -0.2) is 38.0 Å². The largest absolute Gasteiger partial charge is 0.325 e. The highest BCUT2D eigenvalue weighted by atomic mass is 35.5. The third-order valence-corrected chi connectivity index (χ3v) is 4.96. The maximum atomic E-state index is 13.1. The molecule has 2 aromatic rings. The molecule has 5 nitrogen and oxygen atoms in total. The molecule has 0 spiro atoms. The second-order valence-corrected chi connectivity index (χ2v) is 7.95. The minimum Gasteiger partial charge on any atom is -0.325 e. The molecule has 0 saturated carbocycles. The molecule has 0 bridgehead atoms. The topological polar surface area (TPSA) is 66.5 Å². The summed E-state index contributed by atoms with van der Waals surface area (Å²) >= 11 is 5.82. The summed E-state index contributed by atoms with van der Waals surface area (Å²) in [5, 5.41) is 3.08. The van der Waals surface area contributed by atoms with Gasteiger partial charge in [-0.1, -0.05) is 29.8 Å². The van der Waals surface area contributed by atoms with Crippen molar-refractivity contribution in [3.05, 3.63) is 64.9 Å². The maximum absolute atomic E-state index is 13.1. The number of halogens is 2. The monoisotopic (exact) mass is 384 g/mol.